The molecular weight excluding hydrogens is 794 g/mol. The van der Waals surface area contributed by atoms with Crippen LogP contribution in [0.3, 0.4) is 0 Å². The number of amides is 1. The number of benzene rings is 4. The molecule has 0 aliphatic carbocycles. The zero-order valence-corrected chi connectivity index (χ0v) is 36.3. The highest BCUT2D eigenvalue weighted by Crippen LogP contribution is 2.44. The number of nitrogens with zero attached hydrogens (tertiary/aromatic N) is 2. The lowest BCUT2D eigenvalue weighted by molar-refractivity contribution is -0.0825. The monoisotopic (exact) mass is 847 g/mol. The van der Waals surface area contributed by atoms with Crippen molar-refractivity contribution in [3.05, 3.63) is 131 Å². The zero-order chi connectivity index (χ0) is 43.2. The minimum absolute atomic E-state index is 0.0382. The molecule has 1 amide bonds. The van der Waals surface area contributed by atoms with Gasteiger partial charge in [0, 0.05) is 47.2 Å². The maximum absolute atomic E-state index is 16.9. The highest BCUT2D eigenvalue weighted by atomic mass is 28.4. The summed E-state index contributed by atoms with van der Waals surface area (Å²) in [5, 5.41) is 1.68. The average Bonchev–Trinajstić information content (AvgIpc) is 3.50. The fourth-order valence-corrected chi connectivity index (χ4v) is 13.4. The van der Waals surface area contributed by atoms with Crippen molar-refractivity contribution in [2.75, 3.05) is 32.8 Å². The quantitative estimate of drug-likeness (QED) is 0.100. The first-order chi connectivity index (χ1) is 28.3. The van der Waals surface area contributed by atoms with E-state index >= 15 is 17.6 Å². The van der Waals surface area contributed by atoms with Gasteiger partial charge in [-0.25, -0.2) is 26.7 Å². The molecule has 13 heteroatoms. The fourth-order valence-electron chi connectivity index (χ4n) is 8.85. The minimum Gasteiger partial charge on any atom is -0.444 e. The highest BCUT2D eigenvalue weighted by Gasteiger charge is 2.53. The molecule has 0 unspecified atom stereocenters. The molecule has 7 rings (SSSR count). The smallest absolute Gasteiger partial charge is 0.410 e. The second-order valence-electron chi connectivity index (χ2n) is 18.4. The summed E-state index contributed by atoms with van der Waals surface area (Å²) < 4.78 is 99.3. The highest BCUT2D eigenvalue weighted by molar-refractivity contribution is 6.99. The molecule has 0 saturated carbocycles. The number of alkyl halides is 2. The van der Waals surface area contributed by atoms with Crippen LogP contribution in [-0.2, 0) is 26.9 Å². The molecule has 1 saturated heterocycles. The summed E-state index contributed by atoms with van der Waals surface area (Å²) >= 11 is 0. The van der Waals surface area contributed by atoms with Crippen molar-refractivity contribution < 1.29 is 40.6 Å². The Morgan fingerprint density at radius 2 is 1.45 bits per heavy atom. The Hall–Kier alpha value is -4.56. The number of rotatable bonds is 12. The van der Waals surface area contributed by atoms with Gasteiger partial charge in [-0.15, -0.1) is 0 Å². The van der Waals surface area contributed by atoms with Crippen LogP contribution in [0, 0.1) is 23.4 Å². The number of halogens is 5. The van der Waals surface area contributed by atoms with Gasteiger partial charge < -0.3 is 23.8 Å². The topological polar surface area (TPSA) is 67.0 Å². The molecule has 1 fully saturated rings. The SMILES string of the molecule is C[C@@H]1Cc2c([nH]c3ccc(F)cc23)[C@@H](c2c(F)cc(COCC3CN(C(=O)OC(C)(C)C)C3)cc2F)N1CC(F)(F)CO[Si](c1ccccc1)(c1ccccc1)C(C)(C)C. The van der Waals surface area contributed by atoms with Crippen LogP contribution in [0.5, 0.6) is 0 Å². The predicted molar refractivity (Wildman–Crippen MR) is 226 cm³/mol. The number of carbonyl (C=O) groups excluding carboxylic acids is 1. The third kappa shape index (κ3) is 8.91. The molecule has 0 bridgehead atoms. The van der Waals surface area contributed by atoms with Gasteiger partial charge in [0.25, 0.3) is 14.2 Å². The summed E-state index contributed by atoms with van der Waals surface area (Å²) in [5.41, 5.74) is 0.718. The van der Waals surface area contributed by atoms with Crippen molar-refractivity contribution in [3.63, 3.8) is 0 Å². The second-order valence-corrected chi connectivity index (χ2v) is 22.7. The largest absolute Gasteiger partial charge is 0.444 e. The Morgan fingerprint density at radius 1 is 0.850 bits per heavy atom. The Bertz CT molecular complexity index is 2240. The molecule has 7 nitrogen and oxygen atoms in total. The number of carbonyl (C=O) groups is 1. The first kappa shape index (κ1) is 43.5. The molecule has 1 N–H and O–H groups in total. The normalized spacial score (nSPS) is 18.1. The lowest BCUT2D eigenvalue weighted by atomic mass is 9.87. The van der Waals surface area contributed by atoms with Crippen LogP contribution in [0.1, 0.15) is 76.9 Å². The summed E-state index contributed by atoms with van der Waals surface area (Å²) in [6, 6.07) is 23.6. The molecule has 4 aromatic carbocycles. The van der Waals surface area contributed by atoms with Crippen molar-refractivity contribution in [2.24, 2.45) is 5.92 Å². The first-order valence-electron chi connectivity index (χ1n) is 20.5. The van der Waals surface area contributed by atoms with E-state index < -0.39 is 79.2 Å². The van der Waals surface area contributed by atoms with Gasteiger partial charge >= 0.3 is 6.09 Å². The van der Waals surface area contributed by atoms with E-state index in [1.165, 1.54) is 29.2 Å². The lowest BCUT2D eigenvalue weighted by Gasteiger charge is -2.45. The van der Waals surface area contributed by atoms with Crippen molar-refractivity contribution in [3.8, 4) is 0 Å². The number of H-pyrrole nitrogens is 1. The number of likely N-dealkylation sites (tertiary alicyclic amines) is 1. The van der Waals surface area contributed by atoms with Crippen LogP contribution in [0.15, 0.2) is 91.0 Å². The summed E-state index contributed by atoms with van der Waals surface area (Å²) in [5.74, 6) is -5.75. The average molecular weight is 848 g/mol. The number of fused-ring (bicyclic) bond motifs is 3. The lowest BCUT2D eigenvalue weighted by Crippen LogP contribution is -2.67. The number of nitrogens with one attached hydrogen (secondary N) is 1. The van der Waals surface area contributed by atoms with E-state index in [1.54, 1.807) is 38.7 Å². The van der Waals surface area contributed by atoms with E-state index in [0.717, 1.165) is 10.4 Å². The van der Waals surface area contributed by atoms with Crippen molar-refractivity contribution in [1.29, 1.82) is 0 Å². The van der Waals surface area contributed by atoms with E-state index in [-0.39, 0.29) is 31.1 Å². The molecule has 0 spiro atoms. The summed E-state index contributed by atoms with van der Waals surface area (Å²) in [7, 11) is -3.36. The van der Waals surface area contributed by atoms with Gasteiger partial charge in [-0.2, -0.15) is 0 Å². The molecule has 2 atom stereocenters. The van der Waals surface area contributed by atoms with Crippen molar-refractivity contribution in [1.82, 2.24) is 14.8 Å². The van der Waals surface area contributed by atoms with Crippen LogP contribution < -0.4 is 10.4 Å². The van der Waals surface area contributed by atoms with E-state index in [9.17, 15) is 9.18 Å². The van der Waals surface area contributed by atoms with Gasteiger partial charge in [0.2, 0.25) is 0 Å². The molecule has 60 heavy (non-hydrogen) atoms. The molecular formula is C47H54F5N3O4Si. The van der Waals surface area contributed by atoms with Crippen LogP contribution in [0.4, 0.5) is 26.7 Å². The predicted octanol–water partition coefficient (Wildman–Crippen LogP) is 9.52. The third-order valence-electron chi connectivity index (χ3n) is 11.5. The van der Waals surface area contributed by atoms with Gasteiger partial charge in [-0.3, -0.25) is 4.90 Å². The van der Waals surface area contributed by atoms with Gasteiger partial charge in [0.05, 0.1) is 32.4 Å². The number of hydrogen-bond acceptors (Lipinski definition) is 5. The molecule has 5 aromatic rings. The van der Waals surface area contributed by atoms with Crippen LogP contribution in [0.25, 0.3) is 10.9 Å². The first-order valence-corrected chi connectivity index (χ1v) is 22.4. The standard InChI is InChI=1S/C47H54F5N3O4Si/c1-30-20-37-36-23-33(48)18-19-40(36)53-42(37)43(41-38(49)21-31(22-39(41)50)26-57-27-32-24-54(25-32)44(56)59-45(2,3)4)55(30)28-47(51,52)29-58-60(46(5,6)7,34-14-10-8-11-15-34)35-16-12-9-13-17-35/h8-19,21-23,30,32,43,53H,20,24-29H2,1-7H3/t30-,43-/m1/s1. The third-order valence-corrected chi connectivity index (χ3v) is 16.5. The van der Waals surface area contributed by atoms with E-state index in [0.29, 0.717) is 35.2 Å². The number of aromatic amines is 1. The molecule has 320 valence electrons. The van der Waals surface area contributed by atoms with E-state index in [4.69, 9.17) is 13.9 Å². The van der Waals surface area contributed by atoms with Gasteiger partial charge in [-0.05, 0) is 91.0 Å². The van der Waals surface area contributed by atoms with Crippen LogP contribution in [0.2, 0.25) is 5.04 Å². The summed E-state index contributed by atoms with van der Waals surface area (Å²) in [6.45, 7) is 12.4. The maximum Gasteiger partial charge on any atom is 0.410 e. The molecule has 3 heterocycles. The van der Waals surface area contributed by atoms with Gasteiger partial charge in [0.1, 0.15) is 23.1 Å². The van der Waals surface area contributed by atoms with Crippen molar-refractivity contribution >= 4 is 35.7 Å². The van der Waals surface area contributed by atoms with Gasteiger partial charge in [-0.1, -0.05) is 81.4 Å². The number of ether oxygens (including phenoxy) is 2. The maximum atomic E-state index is 16.9. The molecule has 2 aliphatic rings. The molecule has 2 aliphatic heterocycles. The van der Waals surface area contributed by atoms with Crippen LogP contribution in [-0.4, -0.2) is 79.6 Å². The van der Waals surface area contributed by atoms with Crippen LogP contribution >= 0.6 is 0 Å². The Morgan fingerprint density at radius 3 is 2.02 bits per heavy atom. The summed E-state index contributed by atoms with van der Waals surface area (Å²) in [4.78, 5) is 18.5. The minimum atomic E-state index is -3.48. The fraction of sp³-hybridized carbons (Fsp3) is 0.426. The number of hydrogen-bond donors (Lipinski definition) is 1. The van der Waals surface area contributed by atoms with Gasteiger partial charge in [0.15, 0.2) is 0 Å². The number of aromatic nitrogens is 1. The summed E-state index contributed by atoms with van der Waals surface area (Å²) in [6.07, 6.45) is -0.167. The Kier molecular flexibility index (Phi) is 12.1. The van der Waals surface area contributed by atoms with E-state index in [2.05, 4.69) is 4.98 Å². The Labute approximate surface area is 349 Å². The zero-order valence-electron chi connectivity index (χ0n) is 35.3. The van der Waals surface area contributed by atoms with Crippen molar-refractivity contribution in [2.45, 2.75) is 90.1 Å². The van der Waals surface area contributed by atoms with E-state index in [1.807, 2.05) is 81.4 Å². The molecule has 1 aromatic heterocycles. The Balaban J connectivity index is 1.17. The molecule has 0 radical (unpaired) electrons. The second kappa shape index (κ2) is 16.7.